The number of benzene rings is 1. The second kappa shape index (κ2) is 12.7. The van der Waals surface area contributed by atoms with Crippen molar-refractivity contribution in [3.05, 3.63) is 24.4 Å². The molecule has 3 N–H and O–H groups in total. The second-order valence-electron chi connectivity index (χ2n) is 9.38. The van der Waals surface area contributed by atoms with E-state index in [1.165, 1.54) is 19.1 Å². The van der Waals surface area contributed by atoms with Gasteiger partial charge in [-0.2, -0.15) is 26.3 Å². The molecule has 14 nitrogen and oxygen atoms in total. The molecule has 0 saturated heterocycles. The largest absolute Gasteiger partial charge is 0.485 e. The Kier molecular flexibility index (Phi) is 10.0. The highest BCUT2D eigenvalue weighted by atomic mass is 32.2. The maximum Gasteiger partial charge on any atom is 0.427 e. The van der Waals surface area contributed by atoms with Gasteiger partial charge in [0.15, 0.2) is 4.90 Å². The summed E-state index contributed by atoms with van der Waals surface area (Å²) in [5, 5.41) is 5.87. The van der Waals surface area contributed by atoms with Crippen LogP contribution >= 0.6 is 0 Å². The number of fused-ring (bicyclic) bond motifs is 1. The molecule has 0 saturated carbocycles. The normalized spacial score (nSPS) is 16.0. The van der Waals surface area contributed by atoms with E-state index in [0.29, 0.717) is 18.5 Å². The smallest absolute Gasteiger partial charge is 0.427 e. The Morgan fingerprint density at radius 2 is 1.88 bits per heavy atom. The van der Waals surface area contributed by atoms with Crippen molar-refractivity contribution in [3.8, 4) is 11.6 Å². The number of hydrogen-bond donors (Lipinski definition) is 3. The van der Waals surface area contributed by atoms with Gasteiger partial charge in [-0.3, -0.25) is 14.3 Å². The third kappa shape index (κ3) is 8.15. The number of alkyl halides is 5. The first kappa shape index (κ1) is 34.1. The monoisotopic (exact) mass is 664 g/mol. The van der Waals surface area contributed by atoms with Crippen LogP contribution in [0.1, 0.15) is 20.8 Å². The van der Waals surface area contributed by atoms with Gasteiger partial charge in [0, 0.05) is 18.9 Å². The fraction of sp³-hybridized carbons (Fsp3) is 0.545. The van der Waals surface area contributed by atoms with Crippen LogP contribution in [-0.4, -0.2) is 83.8 Å². The molecule has 1 amide bonds. The number of sulfonamides is 1. The Hall–Kier alpha value is -3.43. The molecule has 0 aliphatic carbocycles. The van der Waals surface area contributed by atoms with Gasteiger partial charge in [-0.1, -0.05) is 0 Å². The molecule has 2 aromatic rings. The number of carbonyl (C=O) groups excluding carboxylic acids is 1. The van der Waals surface area contributed by atoms with Crippen LogP contribution in [0.25, 0.3) is 0 Å². The number of anilines is 2. The Morgan fingerprint density at radius 3 is 2.47 bits per heavy atom. The van der Waals surface area contributed by atoms with Crippen LogP contribution in [0.15, 0.2) is 29.3 Å². The van der Waals surface area contributed by atoms with Crippen molar-refractivity contribution < 1.29 is 57.8 Å². The summed E-state index contributed by atoms with van der Waals surface area (Å²) < 4.78 is 138. The molecular formula is C22H29F5N6O8S2. The van der Waals surface area contributed by atoms with E-state index in [1.54, 1.807) is 0 Å². The van der Waals surface area contributed by atoms with Crippen LogP contribution in [0.2, 0.25) is 0 Å². The average Bonchev–Trinajstić information content (AvgIpc) is 3.28. The molecule has 1 aromatic carbocycles. The third-order valence-electron chi connectivity index (χ3n) is 5.81. The van der Waals surface area contributed by atoms with Crippen LogP contribution in [0.3, 0.4) is 0 Å². The second-order valence-corrected chi connectivity index (χ2v) is 12.9. The zero-order valence-corrected chi connectivity index (χ0v) is 24.7. The Balaban J connectivity index is 2.04. The van der Waals surface area contributed by atoms with Gasteiger partial charge in [0.1, 0.15) is 18.4 Å². The van der Waals surface area contributed by atoms with E-state index >= 15 is 0 Å². The predicted octanol–water partition coefficient (Wildman–Crippen LogP) is 2.45. The zero-order valence-electron chi connectivity index (χ0n) is 23.1. The van der Waals surface area contributed by atoms with E-state index in [-0.39, 0.29) is 23.7 Å². The first-order valence-electron chi connectivity index (χ1n) is 12.4. The molecule has 21 heteroatoms. The highest BCUT2D eigenvalue weighted by Gasteiger charge is 2.51. The Morgan fingerprint density at radius 1 is 1.21 bits per heavy atom. The van der Waals surface area contributed by atoms with Gasteiger partial charge in [-0.15, -0.1) is 5.10 Å². The van der Waals surface area contributed by atoms with Crippen molar-refractivity contribution in [2.75, 3.05) is 36.4 Å². The lowest BCUT2D eigenvalue weighted by atomic mass is 10.1. The molecule has 43 heavy (non-hydrogen) atoms. The summed E-state index contributed by atoms with van der Waals surface area (Å²) >= 11 is 0. The summed E-state index contributed by atoms with van der Waals surface area (Å²) in [6.45, 7) is 0.787. The van der Waals surface area contributed by atoms with Crippen LogP contribution in [-0.2, 0) is 31.5 Å². The summed E-state index contributed by atoms with van der Waals surface area (Å²) in [6.07, 6.45) is -9.57. The lowest BCUT2D eigenvalue weighted by molar-refractivity contribution is -0.242. The molecule has 0 spiro atoms. The van der Waals surface area contributed by atoms with Crippen molar-refractivity contribution in [2.45, 2.75) is 56.5 Å². The summed E-state index contributed by atoms with van der Waals surface area (Å²) in [4.78, 5) is 11.6. The van der Waals surface area contributed by atoms with E-state index in [0.717, 1.165) is 23.6 Å². The molecule has 1 aromatic heterocycles. The van der Waals surface area contributed by atoms with Crippen LogP contribution < -0.4 is 28.5 Å². The van der Waals surface area contributed by atoms with Gasteiger partial charge in [-0.05, 0) is 39.0 Å². The molecule has 0 fully saturated rings. The zero-order chi connectivity index (χ0) is 32.4. The summed E-state index contributed by atoms with van der Waals surface area (Å²) in [7, 11) is -7.54. The van der Waals surface area contributed by atoms with Crippen molar-refractivity contribution in [1.82, 2.24) is 19.2 Å². The van der Waals surface area contributed by atoms with Crippen LogP contribution in [0.4, 0.5) is 38.1 Å². The fourth-order valence-electron chi connectivity index (χ4n) is 3.58. The molecule has 1 aliphatic rings. The first-order chi connectivity index (χ1) is 19.8. The lowest BCUT2D eigenvalue weighted by Crippen LogP contribution is -2.49. The van der Waals surface area contributed by atoms with Crippen molar-refractivity contribution in [1.29, 1.82) is 0 Å². The fourth-order valence-corrected chi connectivity index (χ4v) is 5.71. The molecule has 3 rings (SSSR count). The minimum absolute atomic E-state index is 0.0766. The lowest BCUT2D eigenvalue weighted by Gasteiger charge is -2.35. The van der Waals surface area contributed by atoms with E-state index in [2.05, 4.69) is 19.9 Å². The number of hydrogen-bond acceptors (Lipinski definition) is 9. The van der Waals surface area contributed by atoms with E-state index in [9.17, 15) is 43.6 Å². The van der Waals surface area contributed by atoms with Crippen LogP contribution in [0.5, 0.6) is 11.6 Å². The number of aromatic nitrogens is 2. The van der Waals surface area contributed by atoms with Crippen LogP contribution in [0, 0.1) is 0 Å². The van der Waals surface area contributed by atoms with Gasteiger partial charge < -0.3 is 14.2 Å². The summed E-state index contributed by atoms with van der Waals surface area (Å²) in [5.41, 5.74) is -3.28. The maximum atomic E-state index is 13.9. The predicted molar refractivity (Wildman–Crippen MR) is 141 cm³/mol. The van der Waals surface area contributed by atoms with Gasteiger partial charge in [0.25, 0.3) is 32.5 Å². The Labute approximate surface area is 243 Å². The third-order valence-corrected chi connectivity index (χ3v) is 8.65. The summed E-state index contributed by atoms with van der Waals surface area (Å²) in [5.74, 6) is -0.619. The van der Waals surface area contributed by atoms with Crippen molar-refractivity contribution in [3.63, 3.8) is 0 Å². The number of amides is 1. The maximum absolute atomic E-state index is 13.9. The number of carbonyl (C=O) groups is 1. The van der Waals surface area contributed by atoms with Gasteiger partial charge in [0.2, 0.25) is 5.60 Å². The minimum Gasteiger partial charge on any atom is -0.485 e. The number of rotatable bonds is 12. The quantitative estimate of drug-likeness (QED) is 0.289. The highest BCUT2D eigenvalue weighted by molar-refractivity contribution is 7.93. The topological polar surface area (TPSA) is 170 Å². The molecule has 0 unspecified atom stereocenters. The van der Waals surface area contributed by atoms with Gasteiger partial charge in [0.05, 0.1) is 25.4 Å². The highest BCUT2D eigenvalue weighted by Crippen LogP contribution is 2.40. The number of ether oxygens (including phenoxy) is 3. The average molecular weight is 665 g/mol. The number of halogens is 5. The molecular weight excluding hydrogens is 635 g/mol. The molecule has 1 atom stereocenters. The molecule has 0 radical (unpaired) electrons. The standard InChI is InChI=1S/C22H29F5N6O8S2/c1-5-39-19-17(11-32(31-19)12-18(23)24)42(35,36)33-10-14(9-29-43(37,38)28-4)40-16-7-6-13(8-15(16)33)30-20(34)41-21(2,3)22(25,26)27/h6-8,11,14,18,28-29H,5,9-10,12H2,1-4H3,(H,30,34)/t14-/m0/s1. The first-order valence-corrected chi connectivity index (χ1v) is 15.3. The molecule has 242 valence electrons. The van der Waals surface area contributed by atoms with Crippen molar-refractivity contribution >= 4 is 37.7 Å². The SMILES string of the molecule is CCOc1nn(CC(F)F)cc1S(=O)(=O)N1C[C@H](CNS(=O)(=O)NC)Oc2ccc(NC(=O)OC(C)(C)C(F)(F)F)cc21. The van der Waals surface area contributed by atoms with Gasteiger partial charge in [-0.25, -0.2) is 26.7 Å². The van der Waals surface area contributed by atoms with E-state index < -0.39 is 81.0 Å². The molecule has 0 bridgehead atoms. The minimum atomic E-state index is -4.89. The van der Waals surface area contributed by atoms with Gasteiger partial charge >= 0.3 is 12.3 Å². The Bertz CT molecular complexity index is 1530. The van der Waals surface area contributed by atoms with E-state index in [4.69, 9.17) is 9.47 Å². The van der Waals surface area contributed by atoms with Crippen molar-refractivity contribution in [2.24, 2.45) is 0 Å². The number of nitrogens with zero attached hydrogens (tertiary/aromatic N) is 3. The van der Waals surface area contributed by atoms with E-state index in [1.807, 2.05) is 4.72 Å². The number of nitrogens with one attached hydrogen (secondary N) is 3. The molecule has 1 aliphatic heterocycles. The molecule has 2 heterocycles. The summed E-state index contributed by atoms with van der Waals surface area (Å²) in [6, 6.07) is 3.43.